The molecule has 0 saturated heterocycles. The molecule has 1 aliphatic rings. The predicted octanol–water partition coefficient (Wildman–Crippen LogP) is 2.38. The smallest absolute Gasteiger partial charge is 0.252 e. The minimum atomic E-state index is -0.110. The molecule has 5 nitrogen and oxygen atoms in total. The first-order valence-electron chi connectivity index (χ1n) is 7.72. The van der Waals surface area contributed by atoms with E-state index in [1.807, 2.05) is 19.2 Å². The molecule has 0 radical (unpaired) electrons. The topological polar surface area (TPSA) is 62.3 Å². The molecule has 2 aromatic rings. The second-order valence-corrected chi connectivity index (χ2v) is 5.66. The van der Waals surface area contributed by atoms with Crippen LogP contribution >= 0.6 is 12.4 Å². The number of aryl methyl sites for hydroxylation is 1. The zero-order valence-electron chi connectivity index (χ0n) is 13.5. The van der Waals surface area contributed by atoms with Gasteiger partial charge < -0.3 is 10.2 Å². The van der Waals surface area contributed by atoms with Crippen molar-refractivity contribution >= 4 is 29.9 Å². The Hall–Kier alpha value is -2.40. The van der Waals surface area contributed by atoms with Crippen molar-refractivity contribution in [2.75, 3.05) is 18.5 Å². The predicted molar refractivity (Wildman–Crippen MR) is 95.7 cm³/mol. The fraction of sp³-hybridized carbons (Fsp3) is 0.278. The molecule has 126 valence electrons. The molecule has 1 aromatic heterocycles. The van der Waals surface area contributed by atoms with E-state index in [2.05, 4.69) is 16.4 Å². The van der Waals surface area contributed by atoms with Gasteiger partial charge in [0.2, 0.25) is 5.91 Å². The summed E-state index contributed by atoms with van der Waals surface area (Å²) in [5.41, 5.74) is 3.92. The second kappa shape index (κ2) is 7.93. The molecule has 1 aliphatic heterocycles. The van der Waals surface area contributed by atoms with Crippen molar-refractivity contribution in [3.05, 3.63) is 59.4 Å². The van der Waals surface area contributed by atoms with Gasteiger partial charge in [0.1, 0.15) is 0 Å². The van der Waals surface area contributed by atoms with Crippen LogP contribution in [0.25, 0.3) is 0 Å². The Labute approximate surface area is 147 Å². The fourth-order valence-corrected chi connectivity index (χ4v) is 2.78. The highest BCUT2D eigenvalue weighted by molar-refractivity contribution is 5.96. The number of halogens is 1. The number of pyridine rings is 1. The molecule has 1 aromatic carbocycles. The normalized spacial score (nSPS) is 13.0. The Morgan fingerprint density at radius 3 is 2.88 bits per heavy atom. The number of carbonyl (C=O) groups is 2. The molecule has 2 amide bonds. The third-order valence-corrected chi connectivity index (χ3v) is 4.11. The van der Waals surface area contributed by atoms with Crippen LogP contribution in [0.15, 0.2) is 42.7 Å². The number of aromatic nitrogens is 1. The summed E-state index contributed by atoms with van der Waals surface area (Å²) >= 11 is 0. The van der Waals surface area contributed by atoms with Crippen molar-refractivity contribution in [1.82, 2.24) is 10.3 Å². The number of anilines is 1. The van der Waals surface area contributed by atoms with Gasteiger partial charge in [0, 0.05) is 38.1 Å². The van der Waals surface area contributed by atoms with Gasteiger partial charge in [-0.05, 0) is 42.2 Å². The molecule has 0 aliphatic carbocycles. The van der Waals surface area contributed by atoms with Crippen LogP contribution in [0.2, 0.25) is 0 Å². The van der Waals surface area contributed by atoms with E-state index in [1.165, 1.54) is 5.56 Å². The van der Waals surface area contributed by atoms with Gasteiger partial charge in [-0.25, -0.2) is 0 Å². The maximum atomic E-state index is 12.0. The molecule has 1 N–H and O–H groups in total. The first-order chi connectivity index (χ1) is 11.1. The van der Waals surface area contributed by atoms with Gasteiger partial charge in [-0.2, -0.15) is 0 Å². The number of rotatable bonds is 4. The first-order valence-corrected chi connectivity index (χ1v) is 7.72. The highest BCUT2D eigenvalue weighted by Crippen LogP contribution is 2.27. The van der Waals surface area contributed by atoms with Crippen molar-refractivity contribution in [2.24, 2.45) is 0 Å². The van der Waals surface area contributed by atoms with Crippen LogP contribution in [0.1, 0.15) is 27.9 Å². The van der Waals surface area contributed by atoms with Gasteiger partial charge in [-0.1, -0.05) is 12.1 Å². The largest absolute Gasteiger partial charge is 0.352 e. The summed E-state index contributed by atoms with van der Waals surface area (Å²) in [5.74, 6) is 0.0513. The lowest BCUT2D eigenvalue weighted by atomic mass is 9.98. The number of fused-ring (bicyclic) bond motifs is 1. The van der Waals surface area contributed by atoms with Gasteiger partial charge in [-0.15, -0.1) is 12.4 Å². The second-order valence-electron chi connectivity index (χ2n) is 5.66. The van der Waals surface area contributed by atoms with E-state index in [-0.39, 0.29) is 24.2 Å². The van der Waals surface area contributed by atoms with E-state index in [0.29, 0.717) is 18.5 Å². The maximum absolute atomic E-state index is 12.0. The van der Waals surface area contributed by atoms with Crippen molar-refractivity contribution in [3.8, 4) is 0 Å². The first kappa shape index (κ1) is 17.9. The van der Waals surface area contributed by atoms with E-state index in [9.17, 15) is 9.59 Å². The number of nitrogens with one attached hydrogen (secondary N) is 1. The highest BCUT2D eigenvalue weighted by atomic mass is 35.5. The number of carbonyl (C=O) groups excluding carboxylic acids is 2. The Morgan fingerprint density at radius 2 is 2.12 bits per heavy atom. The minimum Gasteiger partial charge on any atom is -0.352 e. The Balaban J connectivity index is 0.00000208. The lowest BCUT2D eigenvalue weighted by Crippen LogP contribution is -2.31. The number of amides is 2. The van der Waals surface area contributed by atoms with E-state index in [0.717, 1.165) is 24.1 Å². The molecule has 0 atom stereocenters. The molecule has 0 saturated carbocycles. The van der Waals surface area contributed by atoms with Crippen LogP contribution < -0.4 is 10.2 Å². The SMILES string of the molecule is CN1C(=O)CCc2cc(CCNC(=O)c3cccnc3)ccc21.Cl. The number of hydrogen-bond donors (Lipinski definition) is 1. The molecule has 24 heavy (non-hydrogen) atoms. The quantitative estimate of drug-likeness (QED) is 0.925. The van der Waals surface area contributed by atoms with Crippen molar-refractivity contribution in [3.63, 3.8) is 0 Å². The van der Waals surface area contributed by atoms with E-state index in [1.54, 1.807) is 29.4 Å². The Bertz CT molecular complexity index is 734. The number of hydrogen-bond acceptors (Lipinski definition) is 3. The monoisotopic (exact) mass is 345 g/mol. The van der Waals surface area contributed by atoms with Gasteiger partial charge in [0.25, 0.3) is 5.91 Å². The van der Waals surface area contributed by atoms with Crippen molar-refractivity contribution in [2.45, 2.75) is 19.3 Å². The van der Waals surface area contributed by atoms with E-state index < -0.39 is 0 Å². The Morgan fingerprint density at radius 1 is 1.29 bits per heavy atom. The van der Waals surface area contributed by atoms with Gasteiger partial charge >= 0.3 is 0 Å². The summed E-state index contributed by atoms with van der Waals surface area (Å²) in [6, 6.07) is 9.63. The molecule has 6 heteroatoms. The van der Waals surface area contributed by atoms with Gasteiger partial charge in [0.15, 0.2) is 0 Å². The fourth-order valence-electron chi connectivity index (χ4n) is 2.78. The Kier molecular flexibility index (Phi) is 5.93. The van der Waals surface area contributed by atoms with Crippen molar-refractivity contribution in [1.29, 1.82) is 0 Å². The summed E-state index contributed by atoms with van der Waals surface area (Å²) < 4.78 is 0. The zero-order chi connectivity index (χ0) is 16.2. The standard InChI is InChI=1S/C18H19N3O2.ClH/c1-21-16-6-4-13(11-14(16)5-7-17(21)22)8-10-20-18(23)15-3-2-9-19-12-15;/h2-4,6,9,11-12H,5,7-8,10H2,1H3,(H,20,23);1H. The third-order valence-electron chi connectivity index (χ3n) is 4.11. The van der Waals surface area contributed by atoms with Crippen LogP contribution in [0, 0.1) is 0 Å². The molecule has 0 bridgehead atoms. The van der Waals surface area contributed by atoms with E-state index >= 15 is 0 Å². The molecule has 2 heterocycles. The van der Waals surface area contributed by atoms with Crippen LogP contribution in [0.4, 0.5) is 5.69 Å². The molecule has 0 fully saturated rings. The highest BCUT2D eigenvalue weighted by Gasteiger charge is 2.20. The third kappa shape index (κ3) is 3.92. The summed E-state index contributed by atoms with van der Waals surface area (Å²) in [6.45, 7) is 0.571. The summed E-state index contributed by atoms with van der Waals surface area (Å²) in [5, 5.41) is 2.90. The van der Waals surface area contributed by atoms with Crippen LogP contribution in [0.5, 0.6) is 0 Å². The maximum Gasteiger partial charge on any atom is 0.252 e. The van der Waals surface area contributed by atoms with Gasteiger partial charge in [-0.3, -0.25) is 14.6 Å². The molecule has 0 unspecified atom stereocenters. The van der Waals surface area contributed by atoms with Crippen LogP contribution in [0.3, 0.4) is 0 Å². The number of nitrogens with zero attached hydrogens (tertiary/aromatic N) is 2. The van der Waals surface area contributed by atoms with E-state index in [4.69, 9.17) is 0 Å². The average molecular weight is 346 g/mol. The van der Waals surface area contributed by atoms with Gasteiger partial charge in [0.05, 0.1) is 5.56 Å². The molecular weight excluding hydrogens is 326 g/mol. The summed E-state index contributed by atoms with van der Waals surface area (Å²) in [7, 11) is 1.81. The van der Waals surface area contributed by atoms with Crippen LogP contribution in [-0.2, 0) is 17.6 Å². The van der Waals surface area contributed by atoms with Crippen molar-refractivity contribution < 1.29 is 9.59 Å². The number of benzene rings is 1. The average Bonchev–Trinajstić information content (AvgIpc) is 2.59. The molecule has 0 spiro atoms. The zero-order valence-corrected chi connectivity index (χ0v) is 14.3. The lowest BCUT2D eigenvalue weighted by Gasteiger charge is -2.26. The molecule has 3 rings (SSSR count). The molecular formula is C18H20ClN3O2. The summed E-state index contributed by atoms with van der Waals surface area (Å²) in [6.07, 6.45) is 5.31. The summed E-state index contributed by atoms with van der Waals surface area (Å²) in [4.78, 5) is 29.3. The minimum absolute atomic E-state index is 0. The van der Waals surface area contributed by atoms with Crippen LogP contribution in [-0.4, -0.2) is 30.4 Å². The lowest BCUT2D eigenvalue weighted by molar-refractivity contribution is -0.118.